The van der Waals surface area contributed by atoms with Crippen molar-refractivity contribution in [3.05, 3.63) is 52.8 Å². The lowest BCUT2D eigenvalue weighted by molar-refractivity contribution is -0.151. The van der Waals surface area contributed by atoms with E-state index in [1.807, 2.05) is 0 Å². The van der Waals surface area contributed by atoms with Gasteiger partial charge in [-0.15, -0.1) is 0 Å². The van der Waals surface area contributed by atoms with E-state index in [9.17, 15) is 26.7 Å². The van der Waals surface area contributed by atoms with Crippen molar-refractivity contribution in [3.8, 4) is 0 Å². The molecule has 0 spiro atoms. The van der Waals surface area contributed by atoms with Crippen LogP contribution in [0.1, 0.15) is 53.2 Å². The summed E-state index contributed by atoms with van der Waals surface area (Å²) in [6.45, 7) is 1.79. The normalized spacial score (nSPS) is 19.2. The van der Waals surface area contributed by atoms with Crippen molar-refractivity contribution in [2.75, 3.05) is 7.11 Å². The fourth-order valence-corrected chi connectivity index (χ4v) is 3.39. The molecule has 5 nitrogen and oxygen atoms in total. The summed E-state index contributed by atoms with van der Waals surface area (Å²) in [6, 6.07) is 7.28. The Balaban J connectivity index is 2.03. The van der Waals surface area contributed by atoms with Crippen molar-refractivity contribution in [3.63, 3.8) is 0 Å². The Bertz CT molecular complexity index is 896. The summed E-state index contributed by atoms with van der Waals surface area (Å²) in [4.78, 5) is 12.4. The number of carbonyl (C=O) groups is 1. The molecule has 0 fully saturated rings. The number of fused-ring (bicyclic) bond motifs is 1. The van der Waals surface area contributed by atoms with Gasteiger partial charge in [-0.3, -0.25) is 4.68 Å². The van der Waals surface area contributed by atoms with Crippen molar-refractivity contribution in [1.82, 2.24) is 9.78 Å². The molecule has 2 aromatic rings. The molecule has 1 aliphatic rings. The highest BCUT2D eigenvalue weighted by atomic mass is 19.4. The van der Waals surface area contributed by atoms with Crippen LogP contribution in [0, 0.1) is 0 Å². The Morgan fingerprint density at radius 3 is 2.57 bits per heavy atom. The highest BCUT2D eigenvalue weighted by Gasteiger charge is 2.54. The smallest absolute Gasteiger partial charge is 0.435 e. The molecule has 1 aromatic carbocycles. The second-order valence-electron chi connectivity index (χ2n) is 7.18. The number of alkyl halides is 5. The van der Waals surface area contributed by atoms with Crippen molar-refractivity contribution in [1.29, 1.82) is 0 Å². The second-order valence-corrected chi connectivity index (χ2v) is 7.18. The van der Waals surface area contributed by atoms with E-state index in [1.165, 1.54) is 31.4 Å². The van der Waals surface area contributed by atoms with Crippen LogP contribution < -0.4 is 0 Å². The Morgan fingerprint density at radius 1 is 1.30 bits per heavy atom. The highest BCUT2D eigenvalue weighted by Crippen LogP contribution is 2.48. The number of benzene rings is 1. The second kappa shape index (κ2) is 8.33. The lowest BCUT2D eigenvalue weighted by Crippen LogP contribution is -2.36. The van der Waals surface area contributed by atoms with Gasteiger partial charge in [0, 0.05) is 25.8 Å². The van der Waals surface area contributed by atoms with Gasteiger partial charge in [0.1, 0.15) is 0 Å². The third-order valence-electron chi connectivity index (χ3n) is 5.09. The van der Waals surface area contributed by atoms with Gasteiger partial charge in [0.25, 0.3) is 5.92 Å². The summed E-state index contributed by atoms with van der Waals surface area (Å²) in [7, 11) is 1.46. The third-order valence-corrected chi connectivity index (χ3v) is 5.09. The van der Waals surface area contributed by atoms with E-state index >= 15 is 0 Å². The monoisotopic (exact) mass is 432 g/mol. The number of ether oxygens (including phenoxy) is 2. The molecule has 1 aliphatic carbocycles. The molecule has 10 heteroatoms. The maximum Gasteiger partial charge on any atom is 0.435 e. The molecule has 30 heavy (non-hydrogen) atoms. The average Bonchev–Trinajstić information content (AvgIpc) is 3.07. The molecule has 3 rings (SSSR count). The lowest BCUT2D eigenvalue weighted by Gasteiger charge is -2.32. The van der Waals surface area contributed by atoms with Crippen molar-refractivity contribution >= 4 is 5.97 Å². The van der Waals surface area contributed by atoms with Crippen LogP contribution in [0.3, 0.4) is 0 Å². The SMILES string of the molecule is COC(C)CCn1nc(C(F)(F)F)c2c1CCC(F)(F)[C@H]2OC(=O)c1ccccc1. The summed E-state index contributed by atoms with van der Waals surface area (Å²) in [6.07, 6.45) is -8.34. The van der Waals surface area contributed by atoms with E-state index in [2.05, 4.69) is 5.10 Å². The van der Waals surface area contributed by atoms with E-state index in [0.29, 0.717) is 6.42 Å². The van der Waals surface area contributed by atoms with Gasteiger partial charge in [-0.05, 0) is 31.9 Å². The number of hydrogen-bond acceptors (Lipinski definition) is 4. The summed E-state index contributed by atoms with van der Waals surface area (Å²) in [5, 5.41) is 3.58. The first-order valence-corrected chi connectivity index (χ1v) is 9.38. The molecule has 0 N–H and O–H groups in total. The molecule has 0 aliphatic heterocycles. The van der Waals surface area contributed by atoms with Crippen LogP contribution in [0.25, 0.3) is 0 Å². The quantitative estimate of drug-likeness (QED) is 0.486. The first-order chi connectivity index (χ1) is 14.0. The van der Waals surface area contributed by atoms with Crippen LogP contribution >= 0.6 is 0 Å². The maximum absolute atomic E-state index is 14.7. The van der Waals surface area contributed by atoms with E-state index < -0.39 is 41.9 Å². The summed E-state index contributed by atoms with van der Waals surface area (Å²) in [5.41, 5.74) is -2.25. The number of carbonyl (C=O) groups excluding carboxylic acids is 1. The number of aryl methyl sites for hydroxylation is 1. The Kier molecular flexibility index (Phi) is 6.16. The van der Waals surface area contributed by atoms with Gasteiger partial charge >= 0.3 is 12.1 Å². The minimum absolute atomic E-state index is 0.00224. The van der Waals surface area contributed by atoms with Crippen molar-refractivity contribution < 1.29 is 36.2 Å². The predicted molar refractivity (Wildman–Crippen MR) is 96.2 cm³/mol. The van der Waals surface area contributed by atoms with E-state index in [1.54, 1.807) is 13.0 Å². The minimum Gasteiger partial charge on any atom is -0.447 e. The summed E-state index contributed by atoms with van der Waals surface area (Å²) < 4.78 is 81.4. The van der Waals surface area contributed by atoms with E-state index in [0.717, 1.165) is 4.68 Å². The van der Waals surface area contributed by atoms with Crippen LogP contribution in [-0.2, 0) is 28.6 Å². The topological polar surface area (TPSA) is 53.4 Å². The predicted octanol–water partition coefficient (Wildman–Crippen LogP) is 4.81. The molecule has 1 heterocycles. The number of rotatable bonds is 6. The minimum atomic E-state index is -4.98. The molecular formula is C20H21F5N2O3. The van der Waals surface area contributed by atoms with Crippen LogP contribution in [0.15, 0.2) is 30.3 Å². The zero-order valence-corrected chi connectivity index (χ0v) is 16.4. The fraction of sp³-hybridized carbons (Fsp3) is 0.500. The van der Waals surface area contributed by atoms with Gasteiger partial charge in [0.05, 0.1) is 17.2 Å². The zero-order valence-electron chi connectivity index (χ0n) is 16.4. The number of hydrogen-bond donors (Lipinski definition) is 0. The molecule has 0 saturated carbocycles. The van der Waals surface area contributed by atoms with Crippen LogP contribution in [0.2, 0.25) is 0 Å². The van der Waals surface area contributed by atoms with Crippen LogP contribution in [0.4, 0.5) is 22.0 Å². The summed E-state index contributed by atoms with van der Waals surface area (Å²) in [5.74, 6) is -4.78. The zero-order chi connectivity index (χ0) is 22.1. The summed E-state index contributed by atoms with van der Waals surface area (Å²) >= 11 is 0. The van der Waals surface area contributed by atoms with Crippen molar-refractivity contribution in [2.24, 2.45) is 0 Å². The number of aromatic nitrogens is 2. The number of nitrogens with zero attached hydrogens (tertiary/aromatic N) is 2. The van der Waals surface area contributed by atoms with Crippen LogP contribution in [-0.4, -0.2) is 34.9 Å². The number of methoxy groups -OCH3 is 1. The Hall–Kier alpha value is -2.49. The molecule has 164 valence electrons. The standard InChI is InChI=1S/C20H21F5N2O3/c1-12(29-2)9-11-27-14-8-10-19(21,22)17(15(14)16(26-27)20(23,24)25)30-18(28)13-6-4-3-5-7-13/h3-7,12,17H,8-11H2,1-2H3/t12?,17-/m0/s1. The average molecular weight is 432 g/mol. The van der Waals surface area contributed by atoms with Gasteiger partial charge < -0.3 is 9.47 Å². The Morgan fingerprint density at radius 2 is 1.97 bits per heavy atom. The lowest BCUT2D eigenvalue weighted by atomic mass is 9.89. The van der Waals surface area contributed by atoms with Gasteiger partial charge in [-0.25, -0.2) is 13.6 Å². The number of halogens is 5. The highest BCUT2D eigenvalue weighted by molar-refractivity contribution is 5.89. The Labute approximate surface area is 169 Å². The molecule has 1 unspecified atom stereocenters. The van der Waals surface area contributed by atoms with Crippen molar-refractivity contribution in [2.45, 2.75) is 57.0 Å². The van der Waals surface area contributed by atoms with Gasteiger partial charge in [0.15, 0.2) is 11.8 Å². The van der Waals surface area contributed by atoms with Crippen LogP contribution in [0.5, 0.6) is 0 Å². The third kappa shape index (κ3) is 4.48. The van der Waals surface area contributed by atoms with Gasteiger partial charge in [-0.1, -0.05) is 18.2 Å². The molecular weight excluding hydrogens is 411 g/mol. The molecule has 1 aromatic heterocycles. The maximum atomic E-state index is 14.7. The first-order valence-electron chi connectivity index (χ1n) is 9.38. The van der Waals surface area contributed by atoms with Gasteiger partial charge in [-0.2, -0.15) is 18.3 Å². The van der Waals surface area contributed by atoms with E-state index in [-0.39, 0.29) is 30.3 Å². The number of esters is 1. The largest absolute Gasteiger partial charge is 0.447 e. The fourth-order valence-electron chi connectivity index (χ4n) is 3.39. The molecule has 0 amide bonds. The van der Waals surface area contributed by atoms with Gasteiger partial charge in [0.2, 0.25) is 0 Å². The first kappa shape index (κ1) is 22.2. The van der Waals surface area contributed by atoms with E-state index in [4.69, 9.17) is 9.47 Å². The molecule has 0 radical (unpaired) electrons. The molecule has 2 atom stereocenters. The molecule has 0 saturated heterocycles. The molecule has 0 bridgehead atoms.